The highest BCUT2D eigenvalue weighted by Gasteiger charge is 2.24. The number of carbonyl (C=O) groups is 1. The van der Waals surface area contributed by atoms with E-state index in [0.29, 0.717) is 5.69 Å². The maximum absolute atomic E-state index is 12.1. The van der Waals surface area contributed by atoms with E-state index in [9.17, 15) is 13.2 Å². The molecule has 1 aliphatic carbocycles. The molecule has 122 valence electrons. The third kappa shape index (κ3) is 4.47. The first kappa shape index (κ1) is 16.8. The number of aryl methyl sites for hydroxylation is 1. The lowest BCUT2D eigenvalue weighted by molar-refractivity contribution is -0.119. The summed E-state index contributed by atoms with van der Waals surface area (Å²) in [6.45, 7) is 3.66. The maximum Gasteiger partial charge on any atom is 0.235 e. The Labute approximate surface area is 132 Å². The van der Waals surface area contributed by atoms with Crippen LogP contribution in [0.25, 0.3) is 0 Å². The molecule has 0 aliphatic heterocycles. The SMILES string of the molecule is CC(C)CS(=O)(=O)CC(=O)NC1CCCc2cc(N)ccc21. The van der Waals surface area contributed by atoms with Gasteiger partial charge in [0.05, 0.1) is 11.8 Å². The summed E-state index contributed by atoms with van der Waals surface area (Å²) in [7, 11) is -3.35. The fraction of sp³-hybridized carbons (Fsp3) is 0.562. The Kier molecular flexibility index (Phi) is 5.11. The quantitative estimate of drug-likeness (QED) is 0.809. The zero-order valence-corrected chi connectivity index (χ0v) is 13.9. The van der Waals surface area contributed by atoms with E-state index in [1.165, 1.54) is 0 Å². The fourth-order valence-electron chi connectivity index (χ4n) is 2.99. The molecule has 3 N–H and O–H groups in total. The van der Waals surface area contributed by atoms with Crippen LogP contribution in [0, 0.1) is 5.92 Å². The van der Waals surface area contributed by atoms with Crippen molar-refractivity contribution in [2.45, 2.75) is 39.2 Å². The number of nitrogen functional groups attached to an aromatic ring is 1. The van der Waals surface area contributed by atoms with Gasteiger partial charge in [-0.2, -0.15) is 0 Å². The number of rotatable bonds is 5. The minimum absolute atomic E-state index is 0.0242. The normalized spacial score (nSPS) is 18.0. The van der Waals surface area contributed by atoms with E-state index >= 15 is 0 Å². The Hall–Kier alpha value is -1.56. The van der Waals surface area contributed by atoms with E-state index in [1.807, 2.05) is 32.0 Å². The molecule has 1 atom stereocenters. The number of amides is 1. The van der Waals surface area contributed by atoms with Crippen molar-refractivity contribution >= 4 is 21.4 Å². The number of nitrogens with two attached hydrogens (primary N) is 1. The van der Waals surface area contributed by atoms with Crippen LogP contribution in [0.15, 0.2) is 18.2 Å². The second kappa shape index (κ2) is 6.69. The number of fused-ring (bicyclic) bond motifs is 1. The van der Waals surface area contributed by atoms with Gasteiger partial charge in [-0.05, 0) is 48.4 Å². The third-order valence-electron chi connectivity index (χ3n) is 3.75. The minimum atomic E-state index is -3.35. The molecular weight excluding hydrogens is 300 g/mol. The van der Waals surface area contributed by atoms with Crippen LogP contribution in [-0.4, -0.2) is 25.8 Å². The van der Waals surface area contributed by atoms with Crippen molar-refractivity contribution in [3.05, 3.63) is 29.3 Å². The number of hydrogen-bond donors (Lipinski definition) is 2. The number of anilines is 1. The number of sulfone groups is 1. The molecule has 22 heavy (non-hydrogen) atoms. The second-order valence-corrected chi connectivity index (χ2v) is 8.53. The molecule has 0 radical (unpaired) electrons. The molecule has 1 aromatic rings. The summed E-state index contributed by atoms with van der Waals surface area (Å²) < 4.78 is 23.8. The average molecular weight is 324 g/mol. The van der Waals surface area contributed by atoms with Crippen LogP contribution in [0.2, 0.25) is 0 Å². The largest absolute Gasteiger partial charge is 0.399 e. The number of carbonyl (C=O) groups excluding carboxylic acids is 1. The lowest BCUT2D eigenvalue weighted by Gasteiger charge is -2.26. The standard InChI is InChI=1S/C16H24N2O3S/c1-11(2)9-22(20,21)10-16(19)18-15-5-3-4-12-8-13(17)6-7-14(12)15/h6-8,11,15H,3-5,9-10,17H2,1-2H3,(H,18,19). The molecule has 6 heteroatoms. The molecule has 1 amide bonds. The maximum atomic E-state index is 12.1. The first-order chi connectivity index (χ1) is 10.3. The highest BCUT2D eigenvalue weighted by Crippen LogP contribution is 2.30. The van der Waals surface area contributed by atoms with Gasteiger partial charge in [0.2, 0.25) is 5.91 Å². The second-order valence-electron chi connectivity index (χ2n) is 6.42. The summed E-state index contributed by atoms with van der Waals surface area (Å²) in [5.74, 6) is -0.795. The molecule has 0 fully saturated rings. The summed E-state index contributed by atoms with van der Waals surface area (Å²) in [6.07, 6.45) is 2.73. The van der Waals surface area contributed by atoms with Crippen LogP contribution in [0.5, 0.6) is 0 Å². The number of benzene rings is 1. The van der Waals surface area contributed by atoms with Crippen LogP contribution in [0.3, 0.4) is 0 Å². The van der Waals surface area contributed by atoms with Gasteiger partial charge in [-0.3, -0.25) is 4.79 Å². The van der Waals surface area contributed by atoms with E-state index in [-0.39, 0.29) is 17.7 Å². The van der Waals surface area contributed by atoms with Gasteiger partial charge in [-0.1, -0.05) is 19.9 Å². The summed E-state index contributed by atoms with van der Waals surface area (Å²) in [5.41, 5.74) is 8.70. The van der Waals surface area contributed by atoms with Crippen molar-refractivity contribution in [2.24, 2.45) is 5.92 Å². The van der Waals surface area contributed by atoms with E-state index < -0.39 is 21.5 Å². The van der Waals surface area contributed by atoms with Gasteiger partial charge < -0.3 is 11.1 Å². The van der Waals surface area contributed by atoms with E-state index in [4.69, 9.17) is 5.73 Å². The fourth-order valence-corrected chi connectivity index (χ4v) is 4.60. The van der Waals surface area contributed by atoms with Gasteiger partial charge >= 0.3 is 0 Å². The van der Waals surface area contributed by atoms with Gasteiger partial charge in [0, 0.05) is 5.69 Å². The van der Waals surface area contributed by atoms with E-state index in [1.54, 1.807) is 0 Å². The topological polar surface area (TPSA) is 89.3 Å². The predicted octanol–water partition coefficient (Wildman–Crippen LogP) is 1.83. The van der Waals surface area contributed by atoms with Crippen LogP contribution in [-0.2, 0) is 21.1 Å². The Morgan fingerprint density at radius 2 is 2.14 bits per heavy atom. The van der Waals surface area contributed by atoms with Gasteiger partial charge in [-0.15, -0.1) is 0 Å². The molecule has 1 unspecified atom stereocenters. The first-order valence-corrected chi connectivity index (χ1v) is 9.47. The van der Waals surface area contributed by atoms with Crippen LogP contribution >= 0.6 is 0 Å². The van der Waals surface area contributed by atoms with Gasteiger partial charge in [0.15, 0.2) is 9.84 Å². The van der Waals surface area contributed by atoms with E-state index in [2.05, 4.69) is 5.32 Å². The van der Waals surface area contributed by atoms with Crippen LogP contribution in [0.1, 0.15) is 43.9 Å². The van der Waals surface area contributed by atoms with Gasteiger partial charge in [0.1, 0.15) is 5.75 Å². The van der Waals surface area contributed by atoms with E-state index in [0.717, 1.165) is 30.4 Å². The first-order valence-electron chi connectivity index (χ1n) is 7.65. The zero-order valence-electron chi connectivity index (χ0n) is 13.1. The van der Waals surface area contributed by atoms with Crippen LogP contribution < -0.4 is 11.1 Å². The predicted molar refractivity (Wildman–Crippen MR) is 88.2 cm³/mol. The molecule has 0 bridgehead atoms. The third-order valence-corrected chi connectivity index (χ3v) is 5.63. The molecule has 2 rings (SSSR count). The van der Waals surface area contributed by atoms with Crippen molar-refractivity contribution in [1.82, 2.24) is 5.32 Å². The van der Waals surface area contributed by atoms with Crippen molar-refractivity contribution < 1.29 is 13.2 Å². The summed E-state index contributed by atoms with van der Waals surface area (Å²) in [6, 6.07) is 5.56. The molecule has 0 saturated heterocycles. The smallest absolute Gasteiger partial charge is 0.235 e. The summed E-state index contributed by atoms with van der Waals surface area (Å²) in [4.78, 5) is 12.1. The lowest BCUT2D eigenvalue weighted by Crippen LogP contribution is -2.36. The summed E-state index contributed by atoms with van der Waals surface area (Å²) in [5, 5.41) is 2.86. The molecular formula is C16H24N2O3S. The Bertz CT molecular complexity index is 653. The highest BCUT2D eigenvalue weighted by atomic mass is 32.2. The molecule has 5 nitrogen and oxygen atoms in total. The number of hydrogen-bond acceptors (Lipinski definition) is 4. The van der Waals surface area contributed by atoms with Crippen LogP contribution in [0.4, 0.5) is 5.69 Å². The van der Waals surface area contributed by atoms with Crippen molar-refractivity contribution in [3.8, 4) is 0 Å². The average Bonchev–Trinajstić information content (AvgIpc) is 2.35. The molecule has 0 aromatic heterocycles. The van der Waals surface area contributed by atoms with Gasteiger partial charge in [-0.25, -0.2) is 8.42 Å². The molecule has 1 aromatic carbocycles. The van der Waals surface area contributed by atoms with Gasteiger partial charge in [0.25, 0.3) is 0 Å². The Morgan fingerprint density at radius 1 is 1.41 bits per heavy atom. The monoisotopic (exact) mass is 324 g/mol. The molecule has 0 spiro atoms. The molecule has 0 saturated carbocycles. The molecule has 1 aliphatic rings. The highest BCUT2D eigenvalue weighted by molar-refractivity contribution is 7.92. The summed E-state index contributed by atoms with van der Waals surface area (Å²) >= 11 is 0. The van der Waals surface area contributed by atoms with Crippen molar-refractivity contribution in [1.29, 1.82) is 0 Å². The number of nitrogens with one attached hydrogen (secondary N) is 1. The van der Waals surface area contributed by atoms with Crippen molar-refractivity contribution in [3.63, 3.8) is 0 Å². The Morgan fingerprint density at radius 3 is 2.82 bits per heavy atom. The lowest BCUT2D eigenvalue weighted by atomic mass is 9.87. The van der Waals surface area contributed by atoms with Crippen molar-refractivity contribution in [2.75, 3.05) is 17.2 Å². The zero-order chi connectivity index (χ0) is 16.3. The molecule has 0 heterocycles. The Balaban J connectivity index is 2.05. The minimum Gasteiger partial charge on any atom is -0.399 e.